The van der Waals surface area contributed by atoms with Gasteiger partial charge < -0.3 is 5.73 Å². The zero-order valence-corrected chi connectivity index (χ0v) is 9.50. The van der Waals surface area contributed by atoms with Crippen LogP contribution < -0.4 is 11.2 Å². The van der Waals surface area contributed by atoms with Crippen LogP contribution in [0.4, 0.5) is 0 Å². The van der Waals surface area contributed by atoms with E-state index in [1.807, 2.05) is 6.21 Å². The number of hydrogen-bond donors (Lipinski definition) is 2. The van der Waals surface area contributed by atoms with E-state index < -0.39 is 0 Å². The third kappa shape index (κ3) is 2.33. The number of fused-ring (bicyclic) bond motifs is 1. The van der Waals surface area contributed by atoms with Crippen LogP contribution in [0.25, 0.3) is 0 Å². The van der Waals surface area contributed by atoms with Crippen molar-refractivity contribution in [3.8, 4) is 0 Å². The summed E-state index contributed by atoms with van der Waals surface area (Å²) in [7, 11) is 0. The summed E-state index contributed by atoms with van der Waals surface area (Å²) in [5.41, 5.74) is 10.2. The Hall–Kier alpha value is -0.990. The molecule has 0 saturated heterocycles. The molecule has 0 radical (unpaired) electrons. The van der Waals surface area contributed by atoms with E-state index in [0.717, 1.165) is 18.2 Å². The summed E-state index contributed by atoms with van der Waals surface area (Å²) in [6.07, 6.45) is 9.68. The Morgan fingerprint density at radius 3 is 3.13 bits per heavy atom. The van der Waals surface area contributed by atoms with Gasteiger partial charge in [-0.3, -0.25) is 5.43 Å². The minimum atomic E-state index is 0.504. The molecule has 15 heavy (non-hydrogen) atoms. The van der Waals surface area contributed by atoms with Gasteiger partial charge in [-0.25, -0.2) is 0 Å². The Kier molecular flexibility index (Phi) is 3.29. The Morgan fingerprint density at radius 2 is 2.33 bits per heavy atom. The molecule has 1 fully saturated rings. The fourth-order valence-corrected chi connectivity index (χ4v) is 2.67. The molecule has 2 unspecified atom stereocenters. The lowest BCUT2D eigenvalue weighted by Crippen LogP contribution is -2.28. The fourth-order valence-electron chi connectivity index (χ4n) is 2.67. The van der Waals surface area contributed by atoms with Gasteiger partial charge in [-0.2, -0.15) is 5.10 Å². The summed E-state index contributed by atoms with van der Waals surface area (Å²) in [6.45, 7) is 2.29. The number of hydrogen-bond acceptors (Lipinski definition) is 3. The molecular formula is C12H21N3. The van der Waals surface area contributed by atoms with Gasteiger partial charge in [0.1, 0.15) is 5.82 Å². The van der Waals surface area contributed by atoms with E-state index in [2.05, 4.69) is 17.5 Å². The molecule has 84 valence electrons. The van der Waals surface area contributed by atoms with Crippen LogP contribution in [0.2, 0.25) is 0 Å². The van der Waals surface area contributed by atoms with Crippen LogP contribution in [0.1, 0.15) is 45.4 Å². The molecule has 0 spiro atoms. The molecule has 1 saturated carbocycles. The predicted octanol–water partition coefficient (Wildman–Crippen LogP) is 2.35. The van der Waals surface area contributed by atoms with Gasteiger partial charge in [0.2, 0.25) is 0 Å². The second kappa shape index (κ2) is 4.69. The molecule has 3 nitrogen and oxygen atoms in total. The predicted molar refractivity (Wildman–Crippen MR) is 63.2 cm³/mol. The molecule has 0 aromatic heterocycles. The highest BCUT2D eigenvalue weighted by atomic mass is 15.3. The first-order valence-corrected chi connectivity index (χ1v) is 6.09. The van der Waals surface area contributed by atoms with E-state index in [4.69, 9.17) is 5.73 Å². The second-order valence-electron chi connectivity index (χ2n) is 4.68. The molecule has 0 aromatic carbocycles. The third-order valence-electron chi connectivity index (χ3n) is 3.76. The van der Waals surface area contributed by atoms with Crippen LogP contribution in [0.3, 0.4) is 0 Å². The van der Waals surface area contributed by atoms with Crippen molar-refractivity contribution in [1.82, 2.24) is 5.43 Å². The Balaban J connectivity index is 2.08. The summed E-state index contributed by atoms with van der Waals surface area (Å²) in [6, 6.07) is 0. The molecule has 3 heteroatoms. The van der Waals surface area contributed by atoms with Crippen molar-refractivity contribution in [1.29, 1.82) is 0 Å². The lowest BCUT2D eigenvalue weighted by atomic mass is 9.81. The van der Waals surface area contributed by atoms with Crippen LogP contribution in [0.5, 0.6) is 0 Å². The first-order chi connectivity index (χ1) is 7.31. The lowest BCUT2D eigenvalue weighted by molar-refractivity contribution is 0.382. The van der Waals surface area contributed by atoms with E-state index in [9.17, 15) is 0 Å². The number of nitrogens with two attached hydrogens (primary N) is 1. The minimum absolute atomic E-state index is 0.504. The number of hydrazone groups is 1. The molecule has 2 rings (SSSR count). The summed E-state index contributed by atoms with van der Waals surface area (Å²) < 4.78 is 0. The van der Waals surface area contributed by atoms with Crippen molar-refractivity contribution in [2.24, 2.45) is 22.7 Å². The average molecular weight is 207 g/mol. The maximum atomic E-state index is 5.95. The Labute approximate surface area is 91.8 Å². The van der Waals surface area contributed by atoms with E-state index in [0.29, 0.717) is 5.92 Å². The first-order valence-electron chi connectivity index (χ1n) is 6.09. The zero-order valence-electron chi connectivity index (χ0n) is 9.50. The summed E-state index contributed by atoms with van der Waals surface area (Å²) in [5, 5.41) is 4.10. The highest BCUT2D eigenvalue weighted by Crippen LogP contribution is 2.32. The van der Waals surface area contributed by atoms with Crippen molar-refractivity contribution in [3.63, 3.8) is 0 Å². The molecule has 2 aliphatic rings. The van der Waals surface area contributed by atoms with Crippen LogP contribution in [-0.4, -0.2) is 6.21 Å². The number of rotatable bonds is 1. The first kappa shape index (κ1) is 10.5. The quantitative estimate of drug-likeness (QED) is 0.693. The highest BCUT2D eigenvalue weighted by molar-refractivity contribution is 5.66. The van der Waals surface area contributed by atoms with Gasteiger partial charge in [0.15, 0.2) is 0 Å². The monoisotopic (exact) mass is 207 g/mol. The largest absolute Gasteiger partial charge is 0.384 e. The molecular weight excluding hydrogens is 186 g/mol. The van der Waals surface area contributed by atoms with Gasteiger partial charge in [0, 0.05) is 12.1 Å². The maximum Gasteiger partial charge on any atom is 0.116 e. The second-order valence-corrected chi connectivity index (χ2v) is 4.68. The van der Waals surface area contributed by atoms with Gasteiger partial charge in [-0.1, -0.05) is 26.2 Å². The topological polar surface area (TPSA) is 50.4 Å². The summed E-state index contributed by atoms with van der Waals surface area (Å²) in [4.78, 5) is 0. The van der Waals surface area contributed by atoms with Gasteiger partial charge in [0.25, 0.3) is 0 Å². The summed E-state index contributed by atoms with van der Waals surface area (Å²) >= 11 is 0. The maximum absolute atomic E-state index is 5.95. The van der Waals surface area contributed by atoms with Gasteiger partial charge in [0.05, 0.1) is 0 Å². The van der Waals surface area contributed by atoms with Gasteiger partial charge in [-0.15, -0.1) is 0 Å². The third-order valence-corrected chi connectivity index (χ3v) is 3.76. The molecule has 1 aliphatic carbocycles. The molecule has 2 atom stereocenters. The van der Waals surface area contributed by atoms with Crippen LogP contribution in [0.15, 0.2) is 16.5 Å². The van der Waals surface area contributed by atoms with Gasteiger partial charge >= 0.3 is 0 Å². The molecule has 0 aromatic rings. The normalized spacial score (nSPS) is 31.5. The number of allylic oxidation sites excluding steroid dienone is 1. The fraction of sp³-hybridized carbons (Fsp3) is 0.750. The number of nitrogens with zero attached hydrogens (tertiary/aromatic N) is 1. The SMILES string of the molecule is CCC1CCCC2C=NNC(N)=C2CC1. The Bertz CT molecular complexity index is 281. The van der Waals surface area contributed by atoms with E-state index in [1.165, 1.54) is 37.7 Å². The smallest absolute Gasteiger partial charge is 0.116 e. The molecule has 1 aliphatic heterocycles. The Morgan fingerprint density at radius 1 is 1.47 bits per heavy atom. The van der Waals surface area contributed by atoms with E-state index >= 15 is 0 Å². The van der Waals surface area contributed by atoms with Crippen molar-refractivity contribution in [3.05, 3.63) is 11.4 Å². The van der Waals surface area contributed by atoms with Crippen molar-refractivity contribution in [2.45, 2.75) is 45.4 Å². The number of nitrogens with one attached hydrogen (secondary N) is 1. The van der Waals surface area contributed by atoms with E-state index in [-0.39, 0.29) is 0 Å². The molecule has 0 bridgehead atoms. The lowest BCUT2D eigenvalue weighted by Gasteiger charge is -2.27. The standard InChI is InChI=1S/C12H21N3/c1-2-9-4-3-5-10-8-14-15-12(13)11(10)7-6-9/h8-10,15H,2-7,13H2,1H3. The van der Waals surface area contributed by atoms with Crippen LogP contribution in [0, 0.1) is 11.8 Å². The minimum Gasteiger partial charge on any atom is -0.384 e. The molecule has 0 amide bonds. The van der Waals surface area contributed by atoms with Crippen molar-refractivity contribution < 1.29 is 0 Å². The molecule has 1 heterocycles. The van der Waals surface area contributed by atoms with Crippen molar-refractivity contribution >= 4 is 6.21 Å². The molecule has 3 N–H and O–H groups in total. The van der Waals surface area contributed by atoms with Crippen LogP contribution in [-0.2, 0) is 0 Å². The zero-order chi connectivity index (χ0) is 10.7. The average Bonchev–Trinajstić information content (AvgIpc) is 2.20. The highest BCUT2D eigenvalue weighted by Gasteiger charge is 2.22. The van der Waals surface area contributed by atoms with E-state index in [1.54, 1.807) is 0 Å². The van der Waals surface area contributed by atoms with Crippen LogP contribution >= 0.6 is 0 Å². The van der Waals surface area contributed by atoms with Crippen molar-refractivity contribution in [2.75, 3.05) is 0 Å². The van der Waals surface area contributed by atoms with Gasteiger partial charge in [-0.05, 0) is 30.8 Å². The summed E-state index contributed by atoms with van der Waals surface area (Å²) in [5.74, 6) is 2.20.